The van der Waals surface area contributed by atoms with Gasteiger partial charge in [-0.05, 0) is 43.0 Å². The number of amides is 2. The Morgan fingerprint density at radius 2 is 2.04 bits per heavy atom. The van der Waals surface area contributed by atoms with E-state index in [2.05, 4.69) is 15.4 Å². The van der Waals surface area contributed by atoms with Crippen LogP contribution < -0.4 is 5.32 Å². The Morgan fingerprint density at radius 1 is 1.22 bits per heavy atom. The van der Waals surface area contributed by atoms with Gasteiger partial charge in [-0.25, -0.2) is 0 Å². The van der Waals surface area contributed by atoms with E-state index < -0.39 is 0 Å². The van der Waals surface area contributed by atoms with Crippen LogP contribution in [0.25, 0.3) is 10.9 Å². The number of aryl methyl sites for hydroxylation is 1. The van der Waals surface area contributed by atoms with Crippen LogP contribution in [0.3, 0.4) is 0 Å². The number of nitrogens with zero attached hydrogens (tertiary/aromatic N) is 3. The van der Waals surface area contributed by atoms with E-state index in [4.69, 9.17) is 0 Å². The quantitative estimate of drug-likeness (QED) is 0.743. The third-order valence-corrected chi connectivity index (χ3v) is 5.22. The third kappa shape index (κ3) is 3.72. The van der Waals surface area contributed by atoms with E-state index in [0.717, 1.165) is 42.4 Å². The van der Waals surface area contributed by atoms with Crippen LogP contribution in [-0.4, -0.2) is 51.1 Å². The Kier molecular flexibility index (Phi) is 4.66. The number of nitrogens with one attached hydrogen (secondary N) is 2. The average Bonchev–Trinajstić information content (AvgIpc) is 3.34. The fraction of sp³-hybridized carbons (Fsp3) is 0.350. The minimum absolute atomic E-state index is 0.0796. The molecular formula is C20H23N5O2. The first-order valence-electron chi connectivity index (χ1n) is 9.23. The number of piperidine rings is 1. The molecule has 0 unspecified atom stereocenters. The zero-order chi connectivity index (χ0) is 18.8. The molecule has 2 amide bonds. The van der Waals surface area contributed by atoms with Gasteiger partial charge in [-0.2, -0.15) is 5.10 Å². The first kappa shape index (κ1) is 17.3. The molecule has 1 saturated heterocycles. The lowest BCUT2D eigenvalue weighted by atomic mass is 9.96. The smallest absolute Gasteiger partial charge is 0.254 e. The summed E-state index contributed by atoms with van der Waals surface area (Å²) in [5.41, 5.74) is 2.34. The first-order chi connectivity index (χ1) is 13.1. The maximum absolute atomic E-state index is 12.8. The van der Waals surface area contributed by atoms with Crippen molar-refractivity contribution in [2.75, 3.05) is 19.6 Å². The van der Waals surface area contributed by atoms with Crippen LogP contribution in [0.2, 0.25) is 0 Å². The van der Waals surface area contributed by atoms with Gasteiger partial charge in [0.15, 0.2) is 0 Å². The van der Waals surface area contributed by atoms with Crippen molar-refractivity contribution in [1.29, 1.82) is 0 Å². The Bertz CT molecular complexity index is 966. The largest absolute Gasteiger partial charge is 0.361 e. The van der Waals surface area contributed by atoms with E-state index in [1.165, 1.54) is 0 Å². The molecule has 0 saturated carbocycles. The number of rotatable bonds is 4. The number of hydrogen-bond acceptors (Lipinski definition) is 3. The maximum atomic E-state index is 12.8. The molecule has 2 N–H and O–H groups in total. The zero-order valence-electron chi connectivity index (χ0n) is 15.3. The molecule has 4 rings (SSSR count). The average molecular weight is 365 g/mol. The number of aromatic nitrogens is 3. The van der Waals surface area contributed by atoms with Crippen molar-refractivity contribution >= 4 is 22.7 Å². The van der Waals surface area contributed by atoms with Crippen LogP contribution in [0.1, 0.15) is 33.6 Å². The molecule has 1 fully saturated rings. The SMILES string of the molecule is Cn1cc(C(=O)NCC2CCN(C(=O)c3ccc4[nH]ccc4c3)CC2)cn1. The highest BCUT2D eigenvalue weighted by Crippen LogP contribution is 2.21. The van der Waals surface area contributed by atoms with E-state index in [-0.39, 0.29) is 11.8 Å². The molecule has 1 aliphatic rings. The zero-order valence-corrected chi connectivity index (χ0v) is 15.3. The summed E-state index contributed by atoms with van der Waals surface area (Å²) in [7, 11) is 1.79. The van der Waals surface area contributed by atoms with Gasteiger partial charge in [-0.15, -0.1) is 0 Å². The summed E-state index contributed by atoms with van der Waals surface area (Å²) in [6, 6.07) is 7.74. The molecule has 3 heterocycles. The van der Waals surface area contributed by atoms with Gasteiger partial charge >= 0.3 is 0 Å². The van der Waals surface area contributed by atoms with Crippen LogP contribution in [0.5, 0.6) is 0 Å². The van der Waals surface area contributed by atoms with Crippen molar-refractivity contribution in [3.63, 3.8) is 0 Å². The Balaban J connectivity index is 1.29. The lowest BCUT2D eigenvalue weighted by Crippen LogP contribution is -2.41. The molecule has 0 bridgehead atoms. The molecule has 27 heavy (non-hydrogen) atoms. The van der Waals surface area contributed by atoms with Gasteiger partial charge in [0.05, 0.1) is 11.8 Å². The highest BCUT2D eigenvalue weighted by molar-refractivity contribution is 5.98. The van der Waals surface area contributed by atoms with Gasteiger partial charge in [0, 0.05) is 55.5 Å². The Labute approximate surface area is 157 Å². The summed E-state index contributed by atoms with van der Waals surface area (Å²) in [6.07, 6.45) is 6.94. The van der Waals surface area contributed by atoms with Gasteiger partial charge < -0.3 is 15.2 Å². The molecule has 1 aliphatic heterocycles. The number of benzene rings is 1. The minimum atomic E-state index is -0.0959. The Morgan fingerprint density at radius 3 is 2.78 bits per heavy atom. The Hall–Kier alpha value is -3.09. The summed E-state index contributed by atoms with van der Waals surface area (Å²) >= 11 is 0. The van der Waals surface area contributed by atoms with Crippen molar-refractivity contribution < 1.29 is 9.59 Å². The van der Waals surface area contributed by atoms with Crippen LogP contribution in [0, 0.1) is 5.92 Å². The van der Waals surface area contributed by atoms with Gasteiger partial charge in [-0.1, -0.05) is 0 Å². The summed E-state index contributed by atoms with van der Waals surface area (Å²) in [4.78, 5) is 29.9. The monoisotopic (exact) mass is 365 g/mol. The summed E-state index contributed by atoms with van der Waals surface area (Å²) < 4.78 is 1.61. The third-order valence-electron chi connectivity index (χ3n) is 5.22. The van der Waals surface area contributed by atoms with E-state index in [1.54, 1.807) is 24.1 Å². The van der Waals surface area contributed by atoms with Crippen molar-refractivity contribution in [3.05, 3.63) is 54.0 Å². The molecular weight excluding hydrogens is 342 g/mol. The van der Waals surface area contributed by atoms with Gasteiger partial charge in [0.2, 0.25) is 0 Å². The highest BCUT2D eigenvalue weighted by Gasteiger charge is 2.24. The van der Waals surface area contributed by atoms with Crippen molar-refractivity contribution in [2.45, 2.75) is 12.8 Å². The lowest BCUT2D eigenvalue weighted by molar-refractivity contribution is 0.0684. The number of likely N-dealkylation sites (tertiary alicyclic amines) is 1. The molecule has 0 aliphatic carbocycles. The summed E-state index contributed by atoms with van der Waals surface area (Å²) in [6.45, 7) is 2.07. The maximum Gasteiger partial charge on any atom is 0.254 e. The van der Waals surface area contributed by atoms with Crippen LogP contribution in [0.4, 0.5) is 0 Å². The molecule has 0 spiro atoms. The molecule has 7 heteroatoms. The number of carbonyl (C=O) groups excluding carboxylic acids is 2. The van der Waals surface area contributed by atoms with E-state index >= 15 is 0 Å². The number of fused-ring (bicyclic) bond motifs is 1. The minimum Gasteiger partial charge on any atom is -0.361 e. The molecule has 3 aromatic rings. The van der Waals surface area contributed by atoms with E-state index in [9.17, 15) is 9.59 Å². The van der Waals surface area contributed by atoms with Crippen molar-refractivity contribution in [3.8, 4) is 0 Å². The molecule has 0 atom stereocenters. The second-order valence-electron chi connectivity index (χ2n) is 7.13. The number of aromatic amines is 1. The summed E-state index contributed by atoms with van der Waals surface area (Å²) in [5.74, 6) is 0.374. The van der Waals surface area contributed by atoms with Crippen molar-refractivity contribution in [1.82, 2.24) is 25.0 Å². The predicted octanol–water partition coefficient (Wildman–Crippen LogP) is 2.18. The first-order valence-corrected chi connectivity index (χ1v) is 9.23. The highest BCUT2D eigenvalue weighted by atomic mass is 16.2. The van der Waals surface area contributed by atoms with E-state index in [0.29, 0.717) is 18.0 Å². The number of H-pyrrole nitrogens is 1. The van der Waals surface area contributed by atoms with Gasteiger partial charge in [-0.3, -0.25) is 14.3 Å². The van der Waals surface area contributed by atoms with Crippen molar-refractivity contribution in [2.24, 2.45) is 13.0 Å². The van der Waals surface area contributed by atoms with Crippen LogP contribution >= 0.6 is 0 Å². The number of carbonyl (C=O) groups is 2. The van der Waals surface area contributed by atoms with Crippen LogP contribution in [0.15, 0.2) is 42.9 Å². The molecule has 1 aromatic carbocycles. The molecule has 2 aromatic heterocycles. The predicted molar refractivity (Wildman–Crippen MR) is 102 cm³/mol. The normalized spacial score (nSPS) is 15.2. The molecule has 7 nitrogen and oxygen atoms in total. The second-order valence-corrected chi connectivity index (χ2v) is 7.13. The van der Waals surface area contributed by atoms with Crippen LogP contribution in [-0.2, 0) is 7.05 Å². The van der Waals surface area contributed by atoms with Gasteiger partial charge in [0.25, 0.3) is 11.8 Å². The topological polar surface area (TPSA) is 83.0 Å². The fourth-order valence-corrected chi connectivity index (χ4v) is 3.59. The molecule has 140 valence electrons. The summed E-state index contributed by atoms with van der Waals surface area (Å²) in [5, 5.41) is 8.04. The fourth-order valence-electron chi connectivity index (χ4n) is 3.59. The molecule has 0 radical (unpaired) electrons. The standard InChI is InChI=1S/C20H23N5O2/c1-24-13-17(12-23-24)19(26)22-11-14-5-8-25(9-6-14)20(27)16-2-3-18-15(10-16)4-7-21-18/h2-4,7,10,12-14,21H,5-6,8-9,11H2,1H3,(H,22,26). The second kappa shape index (κ2) is 7.26. The lowest BCUT2D eigenvalue weighted by Gasteiger charge is -2.32. The van der Waals surface area contributed by atoms with E-state index in [1.807, 2.05) is 35.4 Å². The van der Waals surface area contributed by atoms with Gasteiger partial charge in [0.1, 0.15) is 0 Å². The number of hydrogen-bond donors (Lipinski definition) is 2.